The van der Waals surface area contributed by atoms with Crippen molar-refractivity contribution in [3.63, 3.8) is 0 Å². The molecule has 2 heterocycles. The molecule has 1 aliphatic heterocycles. The van der Waals surface area contributed by atoms with Crippen LogP contribution in [0.15, 0.2) is 36.4 Å². The van der Waals surface area contributed by atoms with Crippen molar-refractivity contribution in [3.8, 4) is 6.07 Å². The Bertz CT molecular complexity index is 624. The predicted octanol–water partition coefficient (Wildman–Crippen LogP) is 1.88. The smallest absolute Gasteiger partial charge is 0.0866 e. The molecule has 0 atom stereocenters. The van der Waals surface area contributed by atoms with Crippen LogP contribution < -0.4 is 0 Å². The van der Waals surface area contributed by atoms with Crippen LogP contribution >= 0.6 is 0 Å². The number of nitriles is 1. The SMILES string of the molecule is N#CCN1CCN(Cc2ccc3ccccc3n2)CC1. The summed E-state index contributed by atoms with van der Waals surface area (Å²) >= 11 is 0. The fourth-order valence-electron chi connectivity index (χ4n) is 2.63. The Balaban J connectivity index is 1.64. The lowest BCUT2D eigenvalue weighted by molar-refractivity contribution is 0.137. The number of fused-ring (bicyclic) bond motifs is 1. The van der Waals surface area contributed by atoms with Gasteiger partial charge in [0, 0.05) is 38.1 Å². The number of benzene rings is 1. The Labute approximate surface area is 119 Å². The quantitative estimate of drug-likeness (QED) is 0.796. The first kappa shape index (κ1) is 13.0. The second kappa shape index (κ2) is 6.00. The molecule has 2 aromatic rings. The molecule has 0 bridgehead atoms. The van der Waals surface area contributed by atoms with Gasteiger partial charge < -0.3 is 0 Å². The number of hydrogen-bond donors (Lipinski definition) is 0. The number of hydrogen-bond acceptors (Lipinski definition) is 4. The van der Waals surface area contributed by atoms with Crippen molar-refractivity contribution in [3.05, 3.63) is 42.1 Å². The zero-order valence-electron chi connectivity index (χ0n) is 11.5. The minimum atomic E-state index is 0.544. The van der Waals surface area contributed by atoms with Crippen molar-refractivity contribution in [2.24, 2.45) is 0 Å². The lowest BCUT2D eigenvalue weighted by atomic mass is 10.2. The highest BCUT2D eigenvalue weighted by Gasteiger charge is 2.16. The molecule has 0 aliphatic carbocycles. The molecule has 102 valence electrons. The zero-order chi connectivity index (χ0) is 13.8. The topological polar surface area (TPSA) is 43.2 Å². The fraction of sp³-hybridized carbons (Fsp3) is 0.375. The molecule has 1 aliphatic rings. The lowest BCUT2D eigenvalue weighted by Gasteiger charge is -2.33. The number of rotatable bonds is 3. The van der Waals surface area contributed by atoms with Gasteiger partial charge in [0.05, 0.1) is 23.8 Å². The van der Waals surface area contributed by atoms with E-state index in [9.17, 15) is 0 Å². The third-order valence-corrected chi connectivity index (χ3v) is 3.80. The number of para-hydroxylation sites is 1. The highest BCUT2D eigenvalue weighted by atomic mass is 15.3. The van der Waals surface area contributed by atoms with E-state index in [0.29, 0.717) is 6.54 Å². The van der Waals surface area contributed by atoms with Gasteiger partial charge in [0.1, 0.15) is 0 Å². The van der Waals surface area contributed by atoms with Gasteiger partial charge in [-0.3, -0.25) is 14.8 Å². The maximum Gasteiger partial charge on any atom is 0.0866 e. The Morgan fingerprint density at radius 3 is 2.55 bits per heavy atom. The molecule has 0 saturated carbocycles. The van der Waals surface area contributed by atoms with E-state index < -0.39 is 0 Å². The van der Waals surface area contributed by atoms with E-state index in [-0.39, 0.29) is 0 Å². The van der Waals surface area contributed by atoms with Crippen molar-refractivity contribution in [2.45, 2.75) is 6.54 Å². The van der Waals surface area contributed by atoms with Gasteiger partial charge >= 0.3 is 0 Å². The van der Waals surface area contributed by atoms with Crippen LogP contribution in [0.1, 0.15) is 5.69 Å². The number of aromatic nitrogens is 1. The van der Waals surface area contributed by atoms with Gasteiger partial charge in [-0.15, -0.1) is 0 Å². The summed E-state index contributed by atoms with van der Waals surface area (Å²) in [6.45, 7) is 5.40. The summed E-state index contributed by atoms with van der Waals surface area (Å²) in [6.07, 6.45) is 0. The van der Waals surface area contributed by atoms with Gasteiger partial charge in [0.25, 0.3) is 0 Å². The normalized spacial score (nSPS) is 17.1. The average Bonchev–Trinajstić information content (AvgIpc) is 2.49. The van der Waals surface area contributed by atoms with E-state index in [1.54, 1.807) is 0 Å². The molecule has 1 aromatic carbocycles. The molecule has 4 nitrogen and oxygen atoms in total. The molecule has 0 radical (unpaired) electrons. The largest absolute Gasteiger partial charge is 0.295 e. The molecule has 0 amide bonds. The van der Waals surface area contributed by atoms with E-state index in [0.717, 1.165) is 43.9 Å². The summed E-state index contributed by atoms with van der Waals surface area (Å²) in [5, 5.41) is 9.89. The molecule has 3 rings (SSSR count). The first-order chi connectivity index (χ1) is 9.85. The molecule has 0 unspecified atom stereocenters. The first-order valence-electron chi connectivity index (χ1n) is 7.01. The van der Waals surface area contributed by atoms with Crippen LogP contribution in [0.3, 0.4) is 0 Å². The number of piperazine rings is 1. The minimum Gasteiger partial charge on any atom is -0.295 e. The van der Waals surface area contributed by atoms with Gasteiger partial charge in [-0.05, 0) is 12.1 Å². The van der Waals surface area contributed by atoms with Gasteiger partial charge in [0.2, 0.25) is 0 Å². The Kier molecular flexibility index (Phi) is 3.91. The average molecular weight is 266 g/mol. The second-order valence-electron chi connectivity index (χ2n) is 5.21. The van der Waals surface area contributed by atoms with Crippen molar-refractivity contribution < 1.29 is 0 Å². The lowest BCUT2D eigenvalue weighted by Crippen LogP contribution is -2.45. The van der Waals surface area contributed by atoms with Crippen LogP contribution in [0.5, 0.6) is 0 Å². The predicted molar refractivity (Wildman–Crippen MR) is 79.1 cm³/mol. The fourth-order valence-corrected chi connectivity index (χ4v) is 2.63. The number of nitrogens with zero attached hydrogens (tertiary/aromatic N) is 4. The summed E-state index contributed by atoms with van der Waals surface area (Å²) in [5.74, 6) is 0. The van der Waals surface area contributed by atoms with E-state index >= 15 is 0 Å². The van der Waals surface area contributed by atoms with Gasteiger partial charge in [-0.1, -0.05) is 24.3 Å². The van der Waals surface area contributed by atoms with Crippen LogP contribution in [0.25, 0.3) is 10.9 Å². The Morgan fingerprint density at radius 1 is 1.00 bits per heavy atom. The molecule has 0 N–H and O–H groups in total. The molecule has 1 aromatic heterocycles. The van der Waals surface area contributed by atoms with Crippen molar-refractivity contribution in [1.82, 2.24) is 14.8 Å². The third-order valence-electron chi connectivity index (χ3n) is 3.80. The third kappa shape index (κ3) is 2.96. The second-order valence-corrected chi connectivity index (χ2v) is 5.21. The first-order valence-corrected chi connectivity index (χ1v) is 7.01. The molecule has 1 fully saturated rings. The van der Waals surface area contributed by atoms with E-state index in [2.05, 4.69) is 40.1 Å². The maximum absolute atomic E-state index is 8.70. The maximum atomic E-state index is 8.70. The van der Waals surface area contributed by atoms with Gasteiger partial charge in [-0.25, -0.2) is 0 Å². The van der Waals surface area contributed by atoms with Crippen LogP contribution in [0.4, 0.5) is 0 Å². The number of pyridine rings is 1. The van der Waals surface area contributed by atoms with E-state index in [1.807, 2.05) is 12.1 Å². The molecule has 0 spiro atoms. The van der Waals surface area contributed by atoms with Crippen LogP contribution in [0.2, 0.25) is 0 Å². The standard InChI is InChI=1S/C16H18N4/c17-7-8-19-9-11-20(12-10-19)13-15-6-5-14-3-1-2-4-16(14)18-15/h1-6H,8-13H2. The van der Waals surface area contributed by atoms with Gasteiger partial charge in [-0.2, -0.15) is 5.26 Å². The summed E-state index contributed by atoms with van der Waals surface area (Å²) in [7, 11) is 0. The highest BCUT2D eigenvalue weighted by Crippen LogP contribution is 2.13. The molecule has 4 heteroatoms. The molecule has 20 heavy (non-hydrogen) atoms. The summed E-state index contributed by atoms with van der Waals surface area (Å²) < 4.78 is 0. The highest BCUT2D eigenvalue weighted by molar-refractivity contribution is 5.78. The molecular weight excluding hydrogens is 248 g/mol. The van der Waals surface area contributed by atoms with Crippen molar-refractivity contribution >= 4 is 10.9 Å². The van der Waals surface area contributed by atoms with Crippen LogP contribution in [-0.4, -0.2) is 47.5 Å². The summed E-state index contributed by atoms with van der Waals surface area (Å²) in [5.41, 5.74) is 2.19. The monoisotopic (exact) mass is 266 g/mol. The molecule has 1 saturated heterocycles. The zero-order valence-corrected chi connectivity index (χ0v) is 11.5. The van der Waals surface area contributed by atoms with Gasteiger partial charge in [0.15, 0.2) is 0 Å². The summed E-state index contributed by atoms with van der Waals surface area (Å²) in [6, 6.07) is 14.7. The van der Waals surface area contributed by atoms with E-state index in [1.165, 1.54) is 5.39 Å². The minimum absolute atomic E-state index is 0.544. The van der Waals surface area contributed by atoms with Crippen LogP contribution in [-0.2, 0) is 6.54 Å². The van der Waals surface area contributed by atoms with Crippen molar-refractivity contribution in [1.29, 1.82) is 5.26 Å². The Morgan fingerprint density at radius 2 is 1.75 bits per heavy atom. The summed E-state index contributed by atoms with van der Waals surface area (Å²) in [4.78, 5) is 9.32. The Hall–Kier alpha value is -1.96. The molecular formula is C16H18N4. The van der Waals surface area contributed by atoms with Crippen LogP contribution in [0, 0.1) is 11.3 Å². The van der Waals surface area contributed by atoms with Crippen molar-refractivity contribution in [2.75, 3.05) is 32.7 Å². The van der Waals surface area contributed by atoms with E-state index in [4.69, 9.17) is 10.2 Å².